The van der Waals surface area contributed by atoms with Gasteiger partial charge >= 0.3 is 0 Å². The number of rotatable bonds is 4. The lowest BCUT2D eigenvalue weighted by Gasteiger charge is -2.17. The molecule has 0 radical (unpaired) electrons. The van der Waals surface area contributed by atoms with Gasteiger partial charge in [-0.2, -0.15) is 0 Å². The van der Waals surface area contributed by atoms with Gasteiger partial charge in [0.1, 0.15) is 0 Å². The second-order valence-corrected chi connectivity index (χ2v) is 3.80. The maximum atomic E-state index is 6.05. The minimum Gasteiger partial charge on any atom is -0.327 e. The van der Waals surface area contributed by atoms with Crippen LogP contribution in [0.15, 0.2) is 0 Å². The Kier molecular flexibility index (Phi) is 4.18. The molecular formula is C11H19N. The van der Waals surface area contributed by atoms with Gasteiger partial charge < -0.3 is 5.73 Å². The highest BCUT2D eigenvalue weighted by molar-refractivity contribution is 4.85. The van der Waals surface area contributed by atoms with Crippen LogP contribution in [-0.2, 0) is 0 Å². The molecule has 1 heteroatoms. The highest BCUT2D eigenvalue weighted by atomic mass is 14.6. The van der Waals surface area contributed by atoms with Gasteiger partial charge in [-0.3, -0.25) is 0 Å². The average Bonchev–Trinajstić information content (AvgIpc) is 2.56. The molecule has 1 rings (SSSR count). The summed E-state index contributed by atoms with van der Waals surface area (Å²) in [5.41, 5.74) is 6.05. The number of terminal acetylenes is 1. The second kappa shape index (κ2) is 5.22. The van der Waals surface area contributed by atoms with E-state index in [1.54, 1.807) is 0 Å². The van der Waals surface area contributed by atoms with Crippen LogP contribution < -0.4 is 5.73 Å². The van der Waals surface area contributed by atoms with Gasteiger partial charge in [-0.15, -0.1) is 12.3 Å². The highest BCUT2D eigenvalue weighted by Crippen LogP contribution is 2.28. The Morgan fingerprint density at radius 2 is 2.08 bits per heavy atom. The monoisotopic (exact) mass is 165 g/mol. The molecule has 0 aromatic rings. The summed E-state index contributed by atoms with van der Waals surface area (Å²) in [6.07, 6.45) is 13.7. The molecule has 0 aliphatic heterocycles. The standard InChI is InChI=1S/C11H19N/c1-2-3-4-9-11(12)10-7-5-6-8-10/h1,10-11H,3-9,12H2. The summed E-state index contributed by atoms with van der Waals surface area (Å²) in [6, 6.07) is 0.417. The lowest BCUT2D eigenvalue weighted by molar-refractivity contribution is 0.403. The van der Waals surface area contributed by atoms with Crippen molar-refractivity contribution < 1.29 is 0 Å². The van der Waals surface area contributed by atoms with E-state index in [1.165, 1.54) is 25.7 Å². The Morgan fingerprint density at radius 1 is 1.42 bits per heavy atom. The third kappa shape index (κ3) is 2.87. The molecule has 1 aliphatic rings. The quantitative estimate of drug-likeness (QED) is 0.502. The van der Waals surface area contributed by atoms with Crippen molar-refractivity contribution in [2.45, 2.75) is 51.0 Å². The third-order valence-corrected chi connectivity index (χ3v) is 2.86. The summed E-state index contributed by atoms with van der Waals surface area (Å²) in [6.45, 7) is 0. The number of unbranched alkanes of at least 4 members (excludes halogenated alkanes) is 1. The van der Waals surface area contributed by atoms with Gasteiger partial charge in [-0.25, -0.2) is 0 Å². The Balaban J connectivity index is 2.10. The van der Waals surface area contributed by atoms with Gasteiger partial charge in [0, 0.05) is 12.5 Å². The van der Waals surface area contributed by atoms with Gasteiger partial charge in [0.25, 0.3) is 0 Å². The van der Waals surface area contributed by atoms with E-state index >= 15 is 0 Å². The van der Waals surface area contributed by atoms with Crippen LogP contribution in [0.25, 0.3) is 0 Å². The van der Waals surface area contributed by atoms with Crippen molar-refractivity contribution in [2.24, 2.45) is 11.7 Å². The van der Waals surface area contributed by atoms with Crippen LogP contribution in [0.3, 0.4) is 0 Å². The molecule has 12 heavy (non-hydrogen) atoms. The number of hydrogen-bond donors (Lipinski definition) is 1. The normalized spacial score (nSPS) is 20.7. The molecule has 2 N–H and O–H groups in total. The van der Waals surface area contributed by atoms with Crippen molar-refractivity contribution in [2.75, 3.05) is 0 Å². The van der Waals surface area contributed by atoms with Crippen LogP contribution in [0, 0.1) is 18.3 Å². The predicted octanol–water partition coefficient (Wildman–Crippen LogP) is 2.31. The largest absolute Gasteiger partial charge is 0.327 e. The fraction of sp³-hybridized carbons (Fsp3) is 0.818. The Hall–Kier alpha value is -0.480. The molecular weight excluding hydrogens is 146 g/mol. The first kappa shape index (κ1) is 9.61. The first-order valence-electron chi connectivity index (χ1n) is 5.03. The number of hydrogen-bond acceptors (Lipinski definition) is 1. The molecule has 1 nitrogen and oxygen atoms in total. The van der Waals surface area contributed by atoms with E-state index in [4.69, 9.17) is 12.2 Å². The SMILES string of the molecule is C#CCCCC(N)C1CCCC1. The summed E-state index contributed by atoms with van der Waals surface area (Å²) in [5.74, 6) is 3.45. The summed E-state index contributed by atoms with van der Waals surface area (Å²) in [7, 11) is 0. The zero-order valence-electron chi connectivity index (χ0n) is 7.76. The van der Waals surface area contributed by atoms with Crippen molar-refractivity contribution in [3.05, 3.63) is 0 Å². The van der Waals surface area contributed by atoms with E-state index in [9.17, 15) is 0 Å². The Labute approximate surface area is 75.7 Å². The molecule has 0 spiro atoms. The fourth-order valence-electron chi connectivity index (χ4n) is 2.06. The molecule has 0 aromatic heterocycles. The first-order valence-corrected chi connectivity index (χ1v) is 5.03. The first-order chi connectivity index (χ1) is 5.84. The molecule has 1 saturated carbocycles. The summed E-state index contributed by atoms with van der Waals surface area (Å²) in [5, 5.41) is 0. The molecule has 0 saturated heterocycles. The maximum absolute atomic E-state index is 6.05. The van der Waals surface area contributed by atoms with Crippen molar-refractivity contribution in [3.8, 4) is 12.3 Å². The molecule has 0 heterocycles. The van der Waals surface area contributed by atoms with Crippen molar-refractivity contribution in [3.63, 3.8) is 0 Å². The van der Waals surface area contributed by atoms with Crippen LogP contribution in [-0.4, -0.2) is 6.04 Å². The molecule has 0 aromatic carbocycles. The molecule has 1 unspecified atom stereocenters. The zero-order valence-corrected chi connectivity index (χ0v) is 7.76. The topological polar surface area (TPSA) is 26.0 Å². The summed E-state index contributed by atoms with van der Waals surface area (Å²) in [4.78, 5) is 0. The minimum atomic E-state index is 0.417. The zero-order chi connectivity index (χ0) is 8.81. The van der Waals surface area contributed by atoms with Gasteiger partial charge in [0.05, 0.1) is 0 Å². The molecule has 0 amide bonds. The van der Waals surface area contributed by atoms with E-state index in [0.717, 1.165) is 25.2 Å². The lowest BCUT2D eigenvalue weighted by Crippen LogP contribution is -2.28. The van der Waals surface area contributed by atoms with Gasteiger partial charge in [0.2, 0.25) is 0 Å². The third-order valence-electron chi connectivity index (χ3n) is 2.86. The average molecular weight is 165 g/mol. The van der Waals surface area contributed by atoms with Gasteiger partial charge in [0.15, 0.2) is 0 Å². The Morgan fingerprint density at radius 3 is 2.67 bits per heavy atom. The van der Waals surface area contributed by atoms with Crippen LogP contribution in [0.5, 0.6) is 0 Å². The summed E-state index contributed by atoms with van der Waals surface area (Å²) >= 11 is 0. The van der Waals surface area contributed by atoms with E-state index in [-0.39, 0.29) is 0 Å². The Bertz CT molecular complexity index is 151. The maximum Gasteiger partial charge on any atom is 0.00866 e. The van der Waals surface area contributed by atoms with Crippen LogP contribution in [0.2, 0.25) is 0 Å². The molecule has 1 atom stereocenters. The van der Waals surface area contributed by atoms with Gasteiger partial charge in [-0.1, -0.05) is 12.8 Å². The van der Waals surface area contributed by atoms with E-state index < -0.39 is 0 Å². The van der Waals surface area contributed by atoms with E-state index in [0.29, 0.717) is 6.04 Å². The molecule has 68 valence electrons. The van der Waals surface area contributed by atoms with Crippen LogP contribution in [0.4, 0.5) is 0 Å². The lowest BCUT2D eigenvalue weighted by atomic mass is 9.94. The van der Waals surface area contributed by atoms with Crippen molar-refractivity contribution in [1.82, 2.24) is 0 Å². The van der Waals surface area contributed by atoms with Crippen LogP contribution >= 0.6 is 0 Å². The van der Waals surface area contributed by atoms with E-state index in [1.807, 2.05) is 0 Å². The minimum absolute atomic E-state index is 0.417. The van der Waals surface area contributed by atoms with Crippen molar-refractivity contribution >= 4 is 0 Å². The van der Waals surface area contributed by atoms with Crippen LogP contribution in [0.1, 0.15) is 44.9 Å². The molecule has 0 bridgehead atoms. The summed E-state index contributed by atoms with van der Waals surface area (Å²) < 4.78 is 0. The second-order valence-electron chi connectivity index (χ2n) is 3.80. The highest BCUT2D eigenvalue weighted by Gasteiger charge is 2.20. The fourth-order valence-corrected chi connectivity index (χ4v) is 2.06. The molecule has 1 fully saturated rings. The van der Waals surface area contributed by atoms with Gasteiger partial charge in [-0.05, 0) is 31.6 Å². The molecule has 1 aliphatic carbocycles. The number of nitrogens with two attached hydrogens (primary N) is 1. The van der Waals surface area contributed by atoms with Crippen molar-refractivity contribution in [1.29, 1.82) is 0 Å². The van der Waals surface area contributed by atoms with E-state index in [2.05, 4.69) is 5.92 Å². The predicted molar refractivity (Wildman–Crippen MR) is 52.6 cm³/mol. The smallest absolute Gasteiger partial charge is 0.00866 e.